The van der Waals surface area contributed by atoms with Gasteiger partial charge in [0.05, 0.1) is 19.3 Å². The third-order valence-corrected chi connectivity index (χ3v) is 2.72. The molecule has 0 fully saturated rings. The predicted octanol–water partition coefficient (Wildman–Crippen LogP) is 6.70. The summed E-state index contributed by atoms with van der Waals surface area (Å²) in [5.74, 6) is -19.4. The van der Waals surface area contributed by atoms with Crippen molar-refractivity contribution >= 4 is 0 Å². The van der Waals surface area contributed by atoms with Crippen LogP contribution in [0.4, 0.5) is 48.3 Å². The first-order valence-corrected chi connectivity index (χ1v) is 6.82. The monoisotopic (exact) mass is 382 g/mol. The largest absolute Gasteiger partial charge is 0.394 e. The van der Waals surface area contributed by atoms with E-state index >= 15 is 0 Å². The zero-order valence-corrected chi connectivity index (χ0v) is 12.8. The van der Waals surface area contributed by atoms with Gasteiger partial charge in [0.2, 0.25) is 0 Å². The Morgan fingerprint density at radius 1 is 0.500 bits per heavy atom. The Kier molecular flexibility index (Phi) is 7.00. The standard InChI is InChI=1S/C13H17F11/c1-8(2)3-9(14,15)4-10(16,17)5-11(18,19)6-12(20,21)7-13(22,23)24/h8H,3-7H2,1-2H3. The average molecular weight is 382 g/mol. The van der Waals surface area contributed by atoms with Crippen LogP contribution in [0.25, 0.3) is 0 Å². The lowest BCUT2D eigenvalue weighted by Crippen LogP contribution is -2.39. The highest BCUT2D eigenvalue weighted by atomic mass is 19.4. The number of alkyl halides is 11. The maximum absolute atomic E-state index is 13.4. The van der Waals surface area contributed by atoms with Crippen molar-refractivity contribution in [2.45, 2.75) is 75.8 Å². The quantitative estimate of drug-likeness (QED) is 0.390. The van der Waals surface area contributed by atoms with E-state index in [1.165, 1.54) is 13.8 Å². The molecule has 0 amide bonds. The first-order chi connectivity index (χ1) is 10.2. The van der Waals surface area contributed by atoms with Gasteiger partial charge in [0.1, 0.15) is 6.42 Å². The SMILES string of the molecule is CC(C)CC(F)(F)CC(F)(F)CC(F)(F)CC(F)(F)CC(F)(F)F. The summed E-state index contributed by atoms with van der Waals surface area (Å²) in [6, 6.07) is 0. The second-order valence-electron chi connectivity index (χ2n) is 6.34. The molecule has 0 aliphatic heterocycles. The molecule has 0 radical (unpaired) electrons. The third kappa shape index (κ3) is 10.9. The highest BCUT2D eigenvalue weighted by Gasteiger charge is 2.55. The van der Waals surface area contributed by atoms with Gasteiger partial charge in [-0.3, -0.25) is 0 Å². The van der Waals surface area contributed by atoms with Gasteiger partial charge in [-0.15, -0.1) is 0 Å². The Bertz CT molecular complexity index is 395. The summed E-state index contributed by atoms with van der Waals surface area (Å²) in [5.41, 5.74) is 0. The minimum Gasteiger partial charge on any atom is -0.207 e. The highest BCUT2D eigenvalue weighted by Crippen LogP contribution is 2.45. The van der Waals surface area contributed by atoms with Gasteiger partial charge in [0.25, 0.3) is 23.7 Å². The molecular formula is C13H17F11. The van der Waals surface area contributed by atoms with E-state index in [4.69, 9.17) is 0 Å². The van der Waals surface area contributed by atoms with Gasteiger partial charge >= 0.3 is 6.18 Å². The van der Waals surface area contributed by atoms with Crippen molar-refractivity contribution in [3.8, 4) is 0 Å². The normalized spacial score (nSPS) is 15.2. The second-order valence-corrected chi connectivity index (χ2v) is 6.34. The van der Waals surface area contributed by atoms with Crippen molar-refractivity contribution in [2.24, 2.45) is 5.92 Å². The molecule has 0 aliphatic rings. The van der Waals surface area contributed by atoms with E-state index in [2.05, 4.69) is 0 Å². The summed E-state index contributed by atoms with van der Waals surface area (Å²) in [5, 5.41) is 0. The van der Waals surface area contributed by atoms with Crippen LogP contribution in [0.1, 0.15) is 46.0 Å². The first kappa shape index (κ1) is 23.2. The molecule has 0 atom stereocenters. The van der Waals surface area contributed by atoms with Gasteiger partial charge < -0.3 is 0 Å². The molecule has 0 nitrogen and oxygen atoms in total. The van der Waals surface area contributed by atoms with Gasteiger partial charge in [-0.2, -0.15) is 13.2 Å². The highest BCUT2D eigenvalue weighted by molar-refractivity contribution is 4.87. The average Bonchev–Trinajstić information content (AvgIpc) is 2.00. The van der Waals surface area contributed by atoms with E-state index < -0.39 is 67.9 Å². The lowest BCUT2D eigenvalue weighted by Gasteiger charge is -2.29. The summed E-state index contributed by atoms with van der Waals surface area (Å²) < 4.78 is 141. The van der Waals surface area contributed by atoms with E-state index in [1.807, 2.05) is 0 Å². The Morgan fingerprint density at radius 2 is 0.792 bits per heavy atom. The minimum absolute atomic E-state index is 0.729. The van der Waals surface area contributed by atoms with E-state index in [0.29, 0.717) is 0 Å². The van der Waals surface area contributed by atoms with E-state index in [9.17, 15) is 48.3 Å². The Labute approximate surface area is 131 Å². The van der Waals surface area contributed by atoms with Crippen molar-refractivity contribution < 1.29 is 48.3 Å². The molecule has 0 rings (SSSR count). The van der Waals surface area contributed by atoms with Gasteiger partial charge in [0, 0.05) is 6.42 Å². The third-order valence-electron chi connectivity index (χ3n) is 2.72. The van der Waals surface area contributed by atoms with Crippen LogP contribution < -0.4 is 0 Å². The lowest BCUT2D eigenvalue weighted by molar-refractivity contribution is -0.217. The molecule has 0 saturated heterocycles. The zero-order chi connectivity index (χ0) is 19.6. The van der Waals surface area contributed by atoms with E-state index in [0.717, 1.165) is 0 Å². The molecule has 0 aromatic heterocycles. The van der Waals surface area contributed by atoms with Crippen LogP contribution in [-0.2, 0) is 0 Å². The molecule has 0 aromatic carbocycles. The molecule has 0 N–H and O–H groups in total. The fraction of sp³-hybridized carbons (Fsp3) is 1.00. The molecule has 0 unspecified atom stereocenters. The smallest absolute Gasteiger partial charge is 0.207 e. The molecule has 11 heteroatoms. The molecule has 24 heavy (non-hydrogen) atoms. The summed E-state index contributed by atoms with van der Waals surface area (Å²) in [6.07, 6.45) is -17.2. The Balaban J connectivity index is 4.94. The van der Waals surface area contributed by atoms with Gasteiger partial charge in [-0.05, 0) is 5.92 Å². The fourth-order valence-corrected chi connectivity index (χ4v) is 2.29. The molecule has 0 saturated carbocycles. The van der Waals surface area contributed by atoms with Crippen molar-refractivity contribution in [3.63, 3.8) is 0 Å². The summed E-state index contributed by atoms with van der Waals surface area (Å²) in [4.78, 5) is 0. The predicted molar refractivity (Wildman–Crippen MR) is 63.8 cm³/mol. The second kappa shape index (κ2) is 7.23. The van der Waals surface area contributed by atoms with Crippen LogP contribution in [-0.4, -0.2) is 29.9 Å². The number of halogens is 11. The van der Waals surface area contributed by atoms with Gasteiger partial charge in [0.15, 0.2) is 0 Å². The van der Waals surface area contributed by atoms with Crippen LogP contribution in [0.3, 0.4) is 0 Å². The fourth-order valence-electron chi connectivity index (χ4n) is 2.29. The van der Waals surface area contributed by atoms with Crippen molar-refractivity contribution in [2.75, 3.05) is 0 Å². The van der Waals surface area contributed by atoms with Crippen LogP contribution in [0.5, 0.6) is 0 Å². The molecule has 0 bridgehead atoms. The summed E-state index contributed by atoms with van der Waals surface area (Å²) in [6.45, 7) is 2.55. The van der Waals surface area contributed by atoms with Crippen LogP contribution >= 0.6 is 0 Å². The lowest BCUT2D eigenvalue weighted by atomic mass is 9.94. The molecule has 0 aliphatic carbocycles. The van der Waals surface area contributed by atoms with Gasteiger partial charge in [-0.25, -0.2) is 35.1 Å². The van der Waals surface area contributed by atoms with Crippen molar-refractivity contribution in [3.05, 3.63) is 0 Å². The molecule has 146 valence electrons. The maximum Gasteiger partial charge on any atom is 0.394 e. The number of rotatable bonds is 9. The zero-order valence-electron chi connectivity index (χ0n) is 12.8. The van der Waals surface area contributed by atoms with Gasteiger partial charge in [-0.1, -0.05) is 13.8 Å². The van der Waals surface area contributed by atoms with Crippen LogP contribution in [0.15, 0.2) is 0 Å². The summed E-state index contributed by atoms with van der Waals surface area (Å²) in [7, 11) is 0. The Morgan fingerprint density at radius 3 is 1.08 bits per heavy atom. The number of hydrogen-bond donors (Lipinski definition) is 0. The molecule has 0 aromatic rings. The molecule has 0 heterocycles. The summed E-state index contributed by atoms with van der Waals surface area (Å²) >= 11 is 0. The Hall–Kier alpha value is -0.770. The van der Waals surface area contributed by atoms with Crippen molar-refractivity contribution in [1.29, 1.82) is 0 Å². The van der Waals surface area contributed by atoms with Crippen LogP contribution in [0.2, 0.25) is 0 Å². The van der Waals surface area contributed by atoms with Crippen LogP contribution in [0, 0.1) is 5.92 Å². The molecular weight excluding hydrogens is 365 g/mol. The minimum atomic E-state index is -5.48. The van der Waals surface area contributed by atoms with E-state index in [-0.39, 0.29) is 0 Å². The number of hydrogen-bond acceptors (Lipinski definition) is 0. The van der Waals surface area contributed by atoms with Crippen molar-refractivity contribution in [1.82, 2.24) is 0 Å². The van der Waals surface area contributed by atoms with E-state index in [1.54, 1.807) is 0 Å². The first-order valence-electron chi connectivity index (χ1n) is 6.82. The molecule has 0 spiro atoms. The maximum atomic E-state index is 13.4. The topological polar surface area (TPSA) is 0 Å².